The summed E-state index contributed by atoms with van der Waals surface area (Å²) in [7, 11) is 0. The number of aliphatic hydroxyl groups is 1. The van der Waals surface area contributed by atoms with E-state index in [1.165, 1.54) is 0 Å². The largest absolute Gasteiger partial charge is 0.396 e. The van der Waals surface area contributed by atoms with Gasteiger partial charge in [0.25, 0.3) is 0 Å². The second-order valence-electron chi connectivity index (χ2n) is 3.87. The van der Waals surface area contributed by atoms with Crippen LogP contribution in [0.1, 0.15) is 24.3 Å². The molecule has 0 radical (unpaired) electrons. The van der Waals surface area contributed by atoms with Crippen LogP contribution in [0.3, 0.4) is 0 Å². The van der Waals surface area contributed by atoms with E-state index < -0.39 is 0 Å². The molecule has 0 amide bonds. The lowest BCUT2D eigenvalue weighted by atomic mass is 10.1. The summed E-state index contributed by atoms with van der Waals surface area (Å²) in [6.07, 6.45) is 0.920. The lowest BCUT2D eigenvalue weighted by molar-refractivity contribution is 0.262. The van der Waals surface area contributed by atoms with Gasteiger partial charge in [0, 0.05) is 21.3 Å². The molecule has 0 spiro atoms. The van der Waals surface area contributed by atoms with Gasteiger partial charge >= 0.3 is 0 Å². The molecule has 2 nitrogen and oxygen atoms in total. The number of aromatic nitrogens is 1. The molecule has 0 fully saturated rings. The number of benzene rings is 1. The molecule has 2 rings (SSSR count). The molecule has 4 heteroatoms. The number of hydrogen-bond donors (Lipinski definition) is 1. The molecule has 90 valence electrons. The molecule has 2 aromatic rings. The fourth-order valence-corrected chi connectivity index (χ4v) is 2.88. The van der Waals surface area contributed by atoms with Crippen LogP contribution < -0.4 is 0 Å². The van der Waals surface area contributed by atoms with Crippen LogP contribution in [0.4, 0.5) is 0 Å². The van der Waals surface area contributed by atoms with Gasteiger partial charge in [0.1, 0.15) is 0 Å². The van der Waals surface area contributed by atoms with Gasteiger partial charge in [-0.2, -0.15) is 0 Å². The van der Waals surface area contributed by atoms with Gasteiger partial charge in [-0.05, 0) is 18.6 Å². The summed E-state index contributed by atoms with van der Waals surface area (Å²) in [6.45, 7) is 2.24. The summed E-state index contributed by atoms with van der Waals surface area (Å²) in [4.78, 5) is 4.60. The lowest BCUT2D eigenvalue weighted by Crippen LogP contribution is -2.01. The molecule has 1 heterocycles. The molecule has 1 unspecified atom stereocenters. The van der Waals surface area contributed by atoms with Gasteiger partial charge in [-0.15, -0.1) is 11.3 Å². The summed E-state index contributed by atoms with van der Waals surface area (Å²) >= 11 is 5.04. The molecule has 0 saturated carbocycles. The van der Waals surface area contributed by atoms with Crippen molar-refractivity contribution in [1.29, 1.82) is 0 Å². The Kier molecular flexibility index (Phi) is 4.31. The molecule has 0 aliphatic rings. The second kappa shape index (κ2) is 5.76. The molecule has 1 N–H and O–H groups in total. The Balaban J connectivity index is 2.26. The zero-order valence-corrected chi connectivity index (χ0v) is 12.0. The molecular weight excluding hydrogens is 298 g/mol. The predicted molar refractivity (Wildman–Crippen MR) is 75.4 cm³/mol. The van der Waals surface area contributed by atoms with E-state index in [1.54, 1.807) is 11.3 Å². The third-order valence-electron chi connectivity index (χ3n) is 2.72. The highest BCUT2D eigenvalue weighted by atomic mass is 79.9. The fraction of sp³-hybridized carbons (Fsp3) is 0.308. The Morgan fingerprint density at radius 1 is 1.35 bits per heavy atom. The SMILES string of the molecule is CCC(CO)c1nc(-c2ccc(Br)cc2)cs1. The molecule has 0 saturated heterocycles. The fourth-order valence-electron chi connectivity index (χ4n) is 1.61. The Labute approximate surface area is 113 Å². The molecule has 1 atom stereocenters. The van der Waals surface area contributed by atoms with E-state index in [1.807, 2.05) is 24.3 Å². The first-order valence-corrected chi connectivity index (χ1v) is 7.24. The highest BCUT2D eigenvalue weighted by molar-refractivity contribution is 9.10. The molecule has 17 heavy (non-hydrogen) atoms. The number of nitrogens with zero attached hydrogens (tertiary/aromatic N) is 1. The maximum Gasteiger partial charge on any atom is 0.0986 e. The van der Waals surface area contributed by atoms with Crippen LogP contribution in [-0.4, -0.2) is 16.7 Å². The number of aliphatic hydroxyl groups excluding tert-OH is 1. The van der Waals surface area contributed by atoms with Gasteiger partial charge in [0.2, 0.25) is 0 Å². The maximum absolute atomic E-state index is 9.26. The minimum Gasteiger partial charge on any atom is -0.396 e. The van der Waals surface area contributed by atoms with Crippen molar-refractivity contribution in [3.63, 3.8) is 0 Å². The van der Waals surface area contributed by atoms with Crippen LogP contribution in [0.2, 0.25) is 0 Å². The first kappa shape index (κ1) is 12.7. The minimum absolute atomic E-state index is 0.170. The van der Waals surface area contributed by atoms with Gasteiger partial charge in [0.15, 0.2) is 0 Å². The van der Waals surface area contributed by atoms with Crippen molar-refractivity contribution in [3.8, 4) is 11.3 Å². The van der Waals surface area contributed by atoms with Gasteiger partial charge in [-0.25, -0.2) is 4.98 Å². The van der Waals surface area contributed by atoms with E-state index >= 15 is 0 Å². The normalized spacial score (nSPS) is 12.6. The molecule has 1 aromatic carbocycles. The van der Waals surface area contributed by atoms with Crippen molar-refractivity contribution in [2.75, 3.05) is 6.61 Å². The maximum atomic E-state index is 9.26. The zero-order chi connectivity index (χ0) is 12.3. The summed E-state index contributed by atoms with van der Waals surface area (Å²) < 4.78 is 1.07. The van der Waals surface area contributed by atoms with Gasteiger partial charge in [-0.1, -0.05) is 35.0 Å². The average Bonchev–Trinajstić information content (AvgIpc) is 2.81. The predicted octanol–water partition coefficient (Wildman–Crippen LogP) is 4.06. The van der Waals surface area contributed by atoms with Crippen LogP contribution in [-0.2, 0) is 0 Å². The topological polar surface area (TPSA) is 33.1 Å². The zero-order valence-electron chi connectivity index (χ0n) is 9.56. The minimum atomic E-state index is 0.170. The van der Waals surface area contributed by atoms with Crippen molar-refractivity contribution in [3.05, 3.63) is 39.1 Å². The van der Waals surface area contributed by atoms with Crippen molar-refractivity contribution in [2.45, 2.75) is 19.3 Å². The Hall–Kier alpha value is -0.710. The smallest absolute Gasteiger partial charge is 0.0986 e. The second-order valence-corrected chi connectivity index (χ2v) is 5.67. The van der Waals surface area contributed by atoms with E-state index in [4.69, 9.17) is 0 Å². The number of halogens is 1. The van der Waals surface area contributed by atoms with Crippen LogP contribution in [0, 0.1) is 0 Å². The molecule has 0 bridgehead atoms. The van der Waals surface area contributed by atoms with E-state index in [0.717, 1.165) is 27.2 Å². The average molecular weight is 312 g/mol. The molecule has 1 aromatic heterocycles. The van der Waals surface area contributed by atoms with Gasteiger partial charge in [0.05, 0.1) is 17.3 Å². The first-order chi connectivity index (χ1) is 8.24. The van der Waals surface area contributed by atoms with E-state index in [9.17, 15) is 5.11 Å². The number of rotatable bonds is 4. The third-order valence-corrected chi connectivity index (χ3v) is 4.26. The summed E-state index contributed by atoms with van der Waals surface area (Å²) in [5.41, 5.74) is 2.10. The molecule has 0 aliphatic heterocycles. The summed E-state index contributed by atoms with van der Waals surface area (Å²) in [5.74, 6) is 0.171. The van der Waals surface area contributed by atoms with E-state index in [2.05, 4.69) is 33.2 Å². The van der Waals surface area contributed by atoms with Crippen LogP contribution in [0.25, 0.3) is 11.3 Å². The number of thiazole rings is 1. The van der Waals surface area contributed by atoms with Gasteiger partial charge in [-0.3, -0.25) is 0 Å². The van der Waals surface area contributed by atoms with Crippen molar-refractivity contribution in [1.82, 2.24) is 4.98 Å². The highest BCUT2D eigenvalue weighted by Gasteiger charge is 2.13. The molecular formula is C13H14BrNOS. The Morgan fingerprint density at radius 2 is 2.06 bits per heavy atom. The van der Waals surface area contributed by atoms with Gasteiger partial charge < -0.3 is 5.11 Å². The monoisotopic (exact) mass is 311 g/mol. The molecule has 0 aliphatic carbocycles. The first-order valence-electron chi connectivity index (χ1n) is 5.56. The Morgan fingerprint density at radius 3 is 2.65 bits per heavy atom. The van der Waals surface area contributed by atoms with Crippen LogP contribution >= 0.6 is 27.3 Å². The highest BCUT2D eigenvalue weighted by Crippen LogP contribution is 2.28. The lowest BCUT2D eigenvalue weighted by Gasteiger charge is -2.06. The quantitative estimate of drug-likeness (QED) is 0.923. The summed E-state index contributed by atoms with van der Waals surface area (Å²) in [5, 5.41) is 12.3. The third kappa shape index (κ3) is 2.94. The van der Waals surface area contributed by atoms with Crippen molar-refractivity contribution in [2.24, 2.45) is 0 Å². The van der Waals surface area contributed by atoms with Crippen LogP contribution in [0.15, 0.2) is 34.1 Å². The standard InChI is InChI=1S/C13H14BrNOS/c1-2-9(7-16)13-15-12(8-17-13)10-3-5-11(14)6-4-10/h3-6,8-9,16H,2,7H2,1H3. The van der Waals surface area contributed by atoms with Crippen molar-refractivity contribution >= 4 is 27.3 Å². The Bertz CT molecular complexity index is 476. The number of hydrogen-bond acceptors (Lipinski definition) is 3. The van der Waals surface area contributed by atoms with Crippen LogP contribution in [0.5, 0.6) is 0 Å². The van der Waals surface area contributed by atoms with E-state index in [0.29, 0.717) is 0 Å². The van der Waals surface area contributed by atoms with Crippen molar-refractivity contribution < 1.29 is 5.11 Å². The summed E-state index contributed by atoms with van der Waals surface area (Å²) in [6, 6.07) is 8.11. The van der Waals surface area contributed by atoms with E-state index in [-0.39, 0.29) is 12.5 Å².